The summed E-state index contributed by atoms with van der Waals surface area (Å²) in [5.74, 6) is 1.04. The first-order valence-electron chi connectivity index (χ1n) is 12.5. The van der Waals surface area contributed by atoms with Gasteiger partial charge in [0.15, 0.2) is 5.75 Å². The minimum Gasteiger partial charge on any atom is -0.460 e. The molecule has 0 aliphatic carbocycles. The fraction of sp³-hybridized carbons (Fsp3) is 0.414. The van der Waals surface area contributed by atoms with Crippen molar-refractivity contribution in [3.63, 3.8) is 0 Å². The molecule has 2 aromatic carbocycles. The zero-order chi connectivity index (χ0) is 27.0. The largest absolute Gasteiger partial charge is 0.460 e. The Morgan fingerprint density at radius 2 is 1.73 bits per heavy atom. The van der Waals surface area contributed by atoms with E-state index >= 15 is 0 Å². The van der Waals surface area contributed by atoms with Crippen LogP contribution in [0.1, 0.15) is 69.5 Å². The number of nitriles is 1. The minimum atomic E-state index is -0.506. The van der Waals surface area contributed by atoms with E-state index in [9.17, 15) is 4.79 Å². The number of nitrogens with zero attached hydrogens (tertiary/aromatic N) is 3. The lowest BCUT2D eigenvalue weighted by Gasteiger charge is -2.19. The summed E-state index contributed by atoms with van der Waals surface area (Å²) in [6.07, 6.45) is 4.03. The van der Waals surface area contributed by atoms with Crippen molar-refractivity contribution in [3.8, 4) is 17.6 Å². The molecule has 8 heteroatoms. The van der Waals surface area contributed by atoms with Crippen LogP contribution in [0.5, 0.6) is 11.5 Å². The predicted molar refractivity (Wildman–Crippen MR) is 146 cm³/mol. The molecule has 0 N–H and O–H groups in total. The van der Waals surface area contributed by atoms with Gasteiger partial charge in [-0.05, 0) is 88.8 Å². The molecule has 0 fully saturated rings. The van der Waals surface area contributed by atoms with Crippen LogP contribution in [0.4, 0.5) is 0 Å². The van der Waals surface area contributed by atoms with Gasteiger partial charge in [0.1, 0.15) is 17.0 Å². The van der Waals surface area contributed by atoms with Crippen LogP contribution in [0.25, 0.3) is 0 Å². The first-order valence-corrected chi connectivity index (χ1v) is 13.3. The Bertz CT molecular complexity index is 1230. The summed E-state index contributed by atoms with van der Waals surface area (Å²) in [5, 5.41) is 14.9. The standard InChI is InChI=1S/C29H33Cl2N3O3/c1-5-25-28(36-24-17-22(30)16-23(31)18-24)26(9-6-8-20-11-13-21(19-32)14-12-20)34(33-25)15-7-10-27(35)37-29(2,3)4/h11-14,16-18H,5-10,15H2,1-4H3. The molecule has 3 aromatic rings. The number of hydrogen-bond donors (Lipinski definition) is 0. The van der Waals surface area contributed by atoms with Gasteiger partial charge in [0, 0.05) is 23.0 Å². The molecule has 0 saturated carbocycles. The summed E-state index contributed by atoms with van der Waals surface area (Å²) in [6, 6.07) is 14.9. The van der Waals surface area contributed by atoms with Gasteiger partial charge in [-0.2, -0.15) is 10.4 Å². The Kier molecular flexibility index (Phi) is 10.0. The Morgan fingerprint density at radius 3 is 2.32 bits per heavy atom. The van der Waals surface area contributed by atoms with Crippen molar-refractivity contribution < 1.29 is 14.3 Å². The second-order valence-corrected chi connectivity index (χ2v) is 10.7. The average molecular weight is 543 g/mol. The van der Waals surface area contributed by atoms with E-state index in [0.29, 0.717) is 52.9 Å². The van der Waals surface area contributed by atoms with E-state index in [1.165, 1.54) is 0 Å². The molecule has 0 aliphatic heterocycles. The highest BCUT2D eigenvalue weighted by Gasteiger charge is 2.21. The van der Waals surface area contributed by atoms with Gasteiger partial charge in [-0.1, -0.05) is 42.3 Å². The maximum Gasteiger partial charge on any atom is 0.306 e. The monoisotopic (exact) mass is 541 g/mol. The molecule has 0 atom stereocenters. The van der Waals surface area contributed by atoms with Gasteiger partial charge in [0.05, 0.1) is 17.3 Å². The van der Waals surface area contributed by atoms with Gasteiger partial charge in [-0.15, -0.1) is 0 Å². The Labute approximate surface area is 229 Å². The number of esters is 1. The van der Waals surface area contributed by atoms with Crippen LogP contribution >= 0.6 is 23.2 Å². The highest BCUT2D eigenvalue weighted by Crippen LogP contribution is 2.34. The van der Waals surface area contributed by atoms with Gasteiger partial charge in [-0.3, -0.25) is 9.48 Å². The molecule has 0 bridgehead atoms. The molecule has 196 valence electrons. The number of rotatable bonds is 11. The quantitative estimate of drug-likeness (QED) is 0.232. The average Bonchev–Trinajstić information content (AvgIpc) is 3.14. The molecule has 0 amide bonds. The fourth-order valence-electron chi connectivity index (χ4n) is 3.99. The van der Waals surface area contributed by atoms with Crippen molar-refractivity contribution in [1.29, 1.82) is 5.26 Å². The van der Waals surface area contributed by atoms with Crippen LogP contribution in [-0.2, 0) is 35.3 Å². The van der Waals surface area contributed by atoms with Crippen LogP contribution in [0.3, 0.4) is 0 Å². The summed E-state index contributed by atoms with van der Waals surface area (Å²) in [5.41, 5.74) is 3.10. The van der Waals surface area contributed by atoms with Crippen molar-refractivity contribution in [3.05, 3.63) is 75.0 Å². The molecule has 3 rings (SSSR count). The number of hydrogen-bond acceptors (Lipinski definition) is 5. The predicted octanol–water partition coefficient (Wildman–Crippen LogP) is 7.71. The van der Waals surface area contributed by atoms with Gasteiger partial charge >= 0.3 is 5.97 Å². The molecule has 0 unspecified atom stereocenters. The van der Waals surface area contributed by atoms with Crippen LogP contribution < -0.4 is 4.74 Å². The molecule has 0 aliphatic rings. The van der Waals surface area contributed by atoms with Gasteiger partial charge in [0.25, 0.3) is 0 Å². The fourth-order valence-corrected chi connectivity index (χ4v) is 4.49. The molecule has 1 heterocycles. The highest BCUT2D eigenvalue weighted by molar-refractivity contribution is 6.34. The highest BCUT2D eigenvalue weighted by atomic mass is 35.5. The smallest absolute Gasteiger partial charge is 0.306 e. The van der Waals surface area contributed by atoms with Gasteiger partial charge < -0.3 is 9.47 Å². The van der Waals surface area contributed by atoms with E-state index in [1.54, 1.807) is 18.2 Å². The van der Waals surface area contributed by atoms with Crippen LogP contribution in [0.2, 0.25) is 10.0 Å². The molecule has 6 nitrogen and oxygen atoms in total. The maximum atomic E-state index is 12.2. The molecule has 0 spiro atoms. The second kappa shape index (κ2) is 13.0. The van der Waals surface area contributed by atoms with E-state index < -0.39 is 5.60 Å². The second-order valence-electron chi connectivity index (χ2n) is 9.86. The molecule has 1 aromatic heterocycles. The van der Waals surface area contributed by atoms with E-state index in [4.69, 9.17) is 43.0 Å². The summed E-state index contributed by atoms with van der Waals surface area (Å²) in [4.78, 5) is 12.2. The molecule has 37 heavy (non-hydrogen) atoms. The Hall–Kier alpha value is -3.01. The molecule has 0 saturated heterocycles. The summed E-state index contributed by atoms with van der Waals surface area (Å²) >= 11 is 12.4. The zero-order valence-corrected chi connectivity index (χ0v) is 23.3. The SMILES string of the molecule is CCc1nn(CCCC(=O)OC(C)(C)C)c(CCCc2ccc(C#N)cc2)c1Oc1cc(Cl)cc(Cl)c1. The number of halogens is 2. The van der Waals surface area contributed by atoms with Crippen LogP contribution in [0, 0.1) is 11.3 Å². The first kappa shape index (κ1) is 28.6. The van der Waals surface area contributed by atoms with E-state index in [1.807, 2.05) is 56.6 Å². The third kappa shape index (κ3) is 8.80. The summed E-state index contributed by atoms with van der Waals surface area (Å²) < 4.78 is 13.7. The lowest BCUT2D eigenvalue weighted by molar-refractivity contribution is -0.154. The minimum absolute atomic E-state index is 0.220. The van der Waals surface area contributed by atoms with Crippen molar-refractivity contribution in [2.45, 2.75) is 78.4 Å². The summed E-state index contributed by atoms with van der Waals surface area (Å²) in [7, 11) is 0. The zero-order valence-electron chi connectivity index (χ0n) is 21.8. The Balaban J connectivity index is 1.81. The van der Waals surface area contributed by atoms with E-state index in [-0.39, 0.29) is 5.97 Å². The number of ether oxygens (including phenoxy) is 2. The lowest BCUT2D eigenvalue weighted by atomic mass is 10.0. The molecular formula is C29H33Cl2N3O3. The van der Waals surface area contributed by atoms with E-state index in [2.05, 4.69) is 6.07 Å². The van der Waals surface area contributed by atoms with Crippen LogP contribution in [0.15, 0.2) is 42.5 Å². The number of aromatic nitrogens is 2. The van der Waals surface area contributed by atoms with Gasteiger partial charge in [0.2, 0.25) is 0 Å². The topological polar surface area (TPSA) is 77.1 Å². The summed E-state index contributed by atoms with van der Waals surface area (Å²) in [6.45, 7) is 8.20. The molecule has 0 radical (unpaired) electrons. The number of aryl methyl sites for hydroxylation is 3. The number of carbonyl (C=O) groups excluding carboxylic acids is 1. The van der Waals surface area contributed by atoms with Crippen molar-refractivity contribution in [2.24, 2.45) is 0 Å². The van der Waals surface area contributed by atoms with Gasteiger partial charge in [-0.25, -0.2) is 0 Å². The lowest BCUT2D eigenvalue weighted by Crippen LogP contribution is -2.24. The van der Waals surface area contributed by atoms with E-state index in [0.717, 1.165) is 36.2 Å². The van der Waals surface area contributed by atoms with Crippen molar-refractivity contribution in [2.75, 3.05) is 0 Å². The third-order valence-corrected chi connectivity index (χ3v) is 6.04. The third-order valence-electron chi connectivity index (χ3n) is 5.60. The first-order chi connectivity index (χ1) is 17.6. The normalized spacial score (nSPS) is 11.3. The van der Waals surface area contributed by atoms with Crippen molar-refractivity contribution in [1.82, 2.24) is 9.78 Å². The van der Waals surface area contributed by atoms with Crippen molar-refractivity contribution >= 4 is 29.2 Å². The number of carbonyl (C=O) groups is 1. The van der Waals surface area contributed by atoms with Crippen LogP contribution in [-0.4, -0.2) is 21.4 Å². The number of benzene rings is 2. The molecular weight excluding hydrogens is 509 g/mol. The maximum absolute atomic E-state index is 12.2. The Morgan fingerprint density at radius 1 is 1.05 bits per heavy atom.